The standard InChI is InChI=1S/C17H20N2O2S/c1-12-15-7-9-22-16(15)6-8-19(12)11-17(20)18-13-4-3-5-14(10-13)21-2/h3-5,7,9-10,12H,6,8,11H2,1-2H3,(H,18,20)/t12-/m0/s1. The molecule has 2 aromatic rings. The van der Waals surface area contributed by atoms with Crippen molar-refractivity contribution in [3.8, 4) is 5.75 Å². The Bertz CT molecular complexity index is 668. The van der Waals surface area contributed by atoms with E-state index in [2.05, 4.69) is 28.6 Å². The molecule has 4 nitrogen and oxygen atoms in total. The van der Waals surface area contributed by atoms with Crippen LogP contribution >= 0.6 is 11.3 Å². The van der Waals surface area contributed by atoms with Gasteiger partial charge >= 0.3 is 0 Å². The van der Waals surface area contributed by atoms with Crippen molar-refractivity contribution in [1.29, 1.82) is 0 Å². The van der Waals surface area contributed by atoms with Gasteiger partial charge in [0.15, 0.2) is 0 Å². The fourth-order valence-corrected chi connectivity index (χ4v) is 3.83. The van der Waals surface area contributed by atoms with Gasteiger partial charge in [-0.1, -0.05) is 6.07 Å². The quantitative estimate of drug-likeness (QED) is 0.941. The molecule has 0 aliphatic carbocycles. The van der Waals surface area contributed by atoms with Crippen molar-refractivity contribution in [3.05, 3.63) is 46.2 Å². The highest BCUT2D eigenvalue weighted by Gasteiger charge is 2.26. The first-order chi connectivity index (χ1) is 10.7. The van der Waals surface area contributed by atoms with Gasteiger partial charge in [-0.15, -0.1) is 11.3 Å². The molecule has 0 fully saturated rings. The van der Waals surface area contributed by atoms with Crippen molar-refractivity contribution in [2.75, 3.05) is 25.5 Å². The van der Waals surface area contributed by atoms with Crippen molar-refractivity contribution < 1.29 is 9.53 Å². The molecule has 1 aliphatic heterocycles. The number of anilines is 1. The number of benzene rings is 1. The number of nitrogens with one attached hydrogen (secondary N) is 1. The Kier molecular flexibility index (Phi) is 4.45. The molecular weight excluding hydrogens is 296 g/mol. The first kappa shape index (κ1) is 15.1. The maximum absolute atomic E-state index is 12.3. The molecule has 1 atom stereocenters. The summed E-state index contributed by atoms with van der Waals surface area (Å²) in [6, 6.07) is 9.91. The predicted octanol–water partition coefficient (Wildman–Crippen LogP) is 3.31. The van der Waals surface area contributed by atoms with Crippen LogP contribution in [0.1, 0.15) is 23.4 Å². The number of methoxy groups -OCH3 is 1. The van der Waals surface area contributed by atoms with E-state index in [4.69, 9.17) is 4.74 Å². The fourth-order valence-electron chi connectivity index (χ4n) is 2.86. The molecular formula is C17H20N2O2S. The lowest BCUT2D eigenvalue weighted by atomic mass is 10.0. The Morgan fingerprint density at radius 2 is 2.32 bits per heavy atom. The van der Waals surface area contributed by atoms with Crippen LogP contribution in [0.5, 0.6) is 5.75 Å². The summed E-state index contributed by atoms with van der Waals surface area (Å²) in [5.74, 6) is 0.755. The summed E-state index contributed by atoms with van der Waals surface area (Å²) in [6.45, 7) is 3.51. The molecule has 0 radical (unpaired) electrons. The average molecular weight is 316 g/mol. The van der Waals surface area contributed by atoms with E-state index in [1.54, 1.807) is 7.11 Å². The number of hydrogen-bond acceptors (Lipinski definition) is 4. The number of amides is 1. The molecule has 1 amide bonds. The van der Waals surface area contributed by atoms with E-state index in [1.807, 2.05) is 35.6 Å². The Morgan fingerprint density at radius 3 is 3.14 bits per heavy atom. The largest absolute Gasteiger partial charge is 0.497 e. The van der Waals surface area contributed by atoms with Crippen LogP contribution in [0.15, 0.2) is 35.7 Å². The molecule has 22 heavy (non-hydrogen) atoms. The van der Waals surface area contributed by atoms with Gasteiger partial charge in [-0.25, -0.2) is 0 Å². The van der Waals surface area contributed by atoms with Crippen LogP contribution in [-0.4, -0.2) is 31.0 Å². The minimum atomic E-state index is 0.0128. The highest BCUT2D eigenvalue weighted by Crippen LogP contribution is 2.32. The minimum Gasteiger partial charge on any atom is -0.497 e. The molecule has 1 aliphatic rings. The highest BCUT2D eigenvalue weighted by atomic mass is 32.1. The molecule has 0 spiro atoms. The number of rotatable bonds is 4. The van der Waals surface area contributed by atoms with E-state index in [9.17, 15) is 4.79 Å². The van der Waals surface area contributed by atoms with E-state index >= 15 is 0 Å². The summed E-state index contributed by atoms with van der Waals surface area (Å²) in [6.07, 6.45) is 1.03. The molecule has 1 aromatic carbocycles. The van der Waals surface area contributed by atoms with Crippen LogP contribution in [0, 0.1) is 0 Å². The Labute approximate surface area is 134 Å². The number of fused-ring (bicyclic) bond motifs is 1. The van der Waals surface area contributed by atoms with E-state index in [0.717, 1.165) is 24.4 Å². The molecule has 3 rings (SSSR count). The third-order valence-corrected chi connectivity index (χ3v) is 5.10. The number of nitrogens with zero attached hydrogens (tertiary/aromatic N) is 1. The lowest BCUT2D eigenvalue weighted by molar-refractivity contribution is -0.117. The second-order valence-corrected chi connectivity index (χ2v) is 6.48. The summed E-state index contributed by atoms with van der Waals surface area (Å²) >= 11 is 1.82. The van der Waals surface area contributed by atoms with Crippen LogP contribution in [0.25, 0.3) is 0 Å². The highest BCUT2D eigenvalue weighted by molar-refractivity contribution is 7.10. The molecule has 0 unspecified atom stereocenters. The number of thiophene rings is 1. The molecule has 0 bridgehead atoms. The summed E-state index contributed by atoms with van der Waals surface area (Å²) in [4.78, 5) is 16.0. The van der Waals surface area contributed by atoms with Gasteiger partial charge in [0, 0.05) is 29.2 Å². The van der Waals surface area contributed by atoms with Crippen molar-refractivity contribution >= 4 is 22.9 Å². The number of carbonyl (C=O) groups is 1. The van der Waals surface area contributed by atoms with E-state index in [-0.39, 0.29) is 5.91 Å². The zero-order valence-electron chi connectivity index (χ0n) is 12.8. The summed E-state index contributed by atoms with van der Waals surface area (Å²) in [5.41, 5.74) is 2.13. The van der Waals surface area contributed by atoms with Crippen LogP contribution in [0.4, 0.5) is 5.69 Å². The van der Waals surface area contributed by atoms with Gasteiger partial charge in [-0.3, -0.25) is 9.69 Å². The number of ether oxygens (including phenoxy) is 1. The van der Waals surface area contributed by atoms with Gasteiger partial charge in [-0.05, 0) is 42.5 Å². The maximum Gasteiger partial charge on any atom is 0.238 e. The summed E-state index contributed by atoms with van der Waals surface area (Å²) in [7, 11) is 1.62. The smallest absolute Gasteiger partial charge is 0.238 e. The van der Waals surface area contributed by atoms with Crippen molar-refractivity contribution in [2.45, 2.75) is 19.4 Å². The van der Waals surface area contributed by atoms with Crippen LogP contribution < -0.4 is 10.1 Å². The monoisotopic (exact) mass is 316 g/mol. The zero-order valence-corrected chi connectivity index (χ0v) is 13.7. The maximum atomic E-state index is 12.3. The molecule has 5 heteroatoms. The Morgan fingerprint density at radius 1 is 1.45 bits per heavy atom. The lowest BCUT2D eigenvalue weighted by Crippen LogP contribution is -2.39. The topological polar surface area (TPSA) is 41.6 Å². The van der Waals surface area contributed by atoms with Crippen molar-refractivity contribution in [1.82, 2.24) is 4.90 Å². The third-order valence-electron chi connectivity index (χ3n) is 4.10. The number of hydrogen-bond donors (Lipinski definition) is 1. The third kappa shape index (κ3) is 3.15. The Balaban J connectivity index is 1.62. The van der Waals surface area contributed by atoms with Gasteiger partial charge in [-0.2, -0.15) is 0 Å². The normalized spacial score (nSPS) is 17.8. The molecule has 0 saturated carbocycles. The second-order valence-electron chi connectivity index (χ2n) is 5.48. The first-order valence-electron chi connectivity index (χ1n) is 7.41. The second kappa shape index (κ2) is 6.50. The molecule has 1 N–H and O–H groups in total. The summed E-state index contributed by atoms with van der Waals surface area (Å²) < 4.78 is 5.17. The zero-order chi connectivity index (χ0) is 15.5. The van der Waals surface area contributed by atoms with Gasteiger partial charge in [0.05, 0.1) is 13.7 Å². The lowest BCUT2D eigenvalue weighted by Gasteiger charge is -2.32. The van der Waals surface area contributed by atoms with E-state index in [1.165, 1.54) is 10.4 Å². The van der Waals surface area contributed by atoms with Gasteiger partial charge in [0.25, 0.3) is 0 Å². The summed E-state index contributed by atoms with van der Waals surface area (Å²) in [5, 5.41) is 5.08. The van der Waals surface area contributed by atoms with Crippen LogP contribution in [0.2, 0.25) is 0 Å². The first-order valence-corrected chi connectivity index (χ1v) is 8.29. The molecule has 2 heterocycles. The van der Waals surface area contributed by atoms with Gasteiger partial charge in [0.1, 0.15) is 5.75 Å². The fraction of sp³-hybridized carbons (Fsp3) is 0.353. The average Bonchev–Trinajstić information content (AvgIpc) is 2.99. The van der Waals surface area contributed by atoms with Crippen LogP contribution in [0.3, 0.4) is 0 Å². The molecule has 0 saturated heterocycles. The van der Waals surface area contributed by atoms with Gasteiger partial charge < -0.3 is 10.1 Å². The predicted molar refractivity (Wildman–Crippen MR) is 89.6 cm³/mol. The number of carbonyl (C=O) groups excluding carboxylic acids is 1. The molecule has 1 aromatic heterocycles. The minimum absolute atomic E-state index is 0.0128. The van der Waals surface area contributed by atoms with Crippen molar-refractivity contribution in [3.63, 3.8) is 0 Å². The van der Waals surface area contributed by atoms with Gasteiger partial charge in [0.2, 0.25) is 5.91 Å². The Hall–Kier alpha value is -1.85. The van der Waals surface area contributed by atoms with E-state index < -0.39 is 0 Å². The van der Waals surface area contributed by atoms with Crippen molar-refractivity contribution in [2.24, 2.45) is 0 Å². The van der Waals surface area contributed by atoms with Crippen LogP contribution in [-0.2, 0) is 11.2 Å². The SMILES string of the molecule is COc1cccc(NC(=O)CN2CCc3sccc3[C@@H]2C)c1. The molecule has 116 valence electrons. The van der Waals surface area contributed by atoms with E-state index in [0.29, 0.717) is 12.6 Å².